The van der Waals surface area contributed by atoms with Crippen LogP contribution in [0.5, 0.6) is 0 Å². The third-order valence-electron chi connectivity index (χ3n) is 4.86. The van der Waals surface area contributed by atoms with Crippen LogP contribution < -0.4 is 5.32 Å². The van der Waals surface area contributed by atoms with E-state index in [9.17, 15) is 13.2 Å². The molecule has 3 rings (SSSR count). The smallest absolute Gasteiger partial charge is 0.224 e. The molecule has 1 atom stereocenters. The zero-order valence-electron chi connectivity index (χ0n) is 15.6. The first kappa shape index (κ1) is 22.4. The highest BCUT2D eigenvalue weighted by Gasteiger charge is 2.32. The van der Waals surface area contributed by atoms with Crippen molar-refractivity contribution >= 4 is 50.7 Å². The van der Waals surface area contributed by atoms with Crippen LogP contribution in [0.4, 0.5) is 0 Å². The Labute approximate surface area is 186 Å². The van der Waals surface area contributed by atoms with Gasteiger partial charge in [-0.2, -0.15) is 0 Å². The van der Waals surface area contributed by atoms with Gasteiger partial charge in [-0.05, 0) is 48.2 Å². The fraction of sp³-hybridized carbons (Fsp3) is 0.350. The van der Waals surface area contributed by atoms with E-state index in [4.69, 9.17) is 34.8 Å². The Morgan fingerprint density at radius 1 is 1.03 bits per heavy atom. The number of hydrogen-bond acceptors (Lipinski definition) is 3. The number of amides is 1. The second-order valence-corrected chi connectivity index (χ2v) is 10.3. The number of carbonyl (C=O) groups excluding carboxylic acids is 1. The van der Waals surface area contributed by atoms with Crippen molar-refractivity contribution in [3.05, 3.63) is 68.7 Å². The molecule has 1 aliphatic rings. The van der Waals surface area contributed by atoms with Crippen molar-refractivity contribution in [3.63, 3.8) is 0 Å². The van der Waals surface area contributed by atoms with Gasteiger partial charge in [0.25, 0.3) is 0 Å². The summed E-state index contributed by atoms with van der Waals surface area (Å²) in [6, 6.07) is 12.0. The fourth-order valence-electron chi connectivity index (χ4n) is 3.28. The van der Waals surface area contributed by atoms with Crippen molar-refractivity contribution in [1.82, 2.24) is 9.62 Å². The Morgan fingerprint density at radius 2 is 1.72 bits per heavy atom. The van der Waals surface area contributed by atoms with E-state index in [0.29, 0.717) is 46.6 Å². The van der Waals surface area contributed by atoms with Crippen LogP contribution in [0.1, 0.15) is 24.0 Å². The maximum Gasteiger partial charge on any atom is 0.224 e. The maximum atomic E-state index is 12.8. The minimum atomic E-state index is -3.57. The molecule has 5 nitrogen and oxygen atoms in total. The molecule has 0 bridgehead atoms. The van der Waals surface area contributed by atoms with E-state index in [1.165, 1.54) is 4.31 Å². The normalized spacial score (nSPS) is 17.8. The number of nitrogens with one attached hydrogen (secondary N) is 1. The molecule has 2 aromatic carbocycles. The lowest BCUT2D eigenvalue weighted by Gasteiger charge is -2.31. The van der Waals surface area contributed by atoms with E-state index < -0.39 is 10.0 Å². The second-order valence-electron chi connectivity index (χ2n) is 7.05. The zero-order chi connectivity index (χ0) is 21.0. The second kappa shape index (κ2) is 9.67. The van der Waals surface area contributed by atoms with E-state index in [-0.39, 0.29) is 24.1 Å². The fourth-order valence-corrected chi connectivity index (χ4v) is 5.32. The summed E-state index contributed by atoms with van der Waals surface area (Å²) in [5.41, 5.74) is 1.50. The van der Waals surface area contributed by atoms with Gasteiger partial charge in [-0.25, -0.2) is 12.7 Å². The Balaban J connectivity index is 1.60. The summed E-state index contributed by atoms with van der Waals surface area (Å²) in [6.07, 6.45) is 1.30. The molecule has 1 N–H and O–H groups in total. The Hall–Kier alpha value is -1.31. The van der Waals surface area contributed by atoms with Gasteiger partial charge < -0.3 is 5.32 Å². The summed E-state index contributed by atoms with van der Waals surface area (Å²) in [5, 5.41) is 4.22. The van der Waals surface area contributed by atoms with Crippen LogP contribution in [0.25, 0.3) is 0 Å². The predicted molar refractivity (Wildman–Crippen MR) is 117 cm³/mol. The summed E-state index contributed by atoms with van der Waals surface area (Å²) >= 11 is 17.7. The van der Waals surface area contributed by atoms with Gasteiger partial charge in [0, 0.05) is 24.7 Å². The SMILES string of the molecule is O=C(NCc1ccc(Cl)cc1)C1CCCN(S(=O)(=O)Cc2ccc(Cl)c(Cl)c2)C1. The molecule has 1 fully saturated rings. The lowest BCUT2D eigenvalue weighted by atomic mass is 9.99. The third-order valence-corrected chi connectivity index (χ3v) is 7.67. The van der Waals surface area contributed by atoms with Crippen molar-refractivity contribution in [2.24, 2.45) is 5.92 Å². The van der Waals surface area contributed by atoms with E-state index in [2.05, 4.69) is 5.32 Å². The molecule has 1 unspecified atom stereocenters. The van der Waals surface area contributed by atoms with E-state index >= 15 is 0 Å². The molecule has 1 heterocycles. The van der Waals surface area contributed by atoms with Crippen molar-refractivity contribution < 1.29 is 13.2 Å². The summed E-state index contributed by atoms with van der Waals surface area (Å²) in [5.74, 6) is -0.697. The average molecular weight is 476 g/mol. The number of benzene rings is 2. The van der Waals surface area contributed by atoms with Gasteiger partial charge in [0.2, 0.25) is 15.9 Å². The summed E-state index contributed by atoms with van der Waals surface area (Å²) in [6.45, 7) is 0.962. The number of nitrogens with zero attached hydrogens (tertiary/aromatic N) is 1. The lowest BCUT2D eigenvalue weighted by Crippen LogP contribution is -2.45. The van der Waals surface area contributed by atoms with Crippen LogP contribution >= 0.6 is 34.8 Å². The molecule has 0 aromatic heterocycles. The quantitative estimate of drug-likeness (QED) is 0.669. The van der Waals surface area contributed by atoms with E-state index in [1.54, 1.807) is 30.3 Å². The van der Waals surface area contributed by atoms with Gasteiger partial charge in [-0.3, -0.25) is 4.79 Å². The van der Waals surface area contributed by atoms with Crippen LogP contribution in [0.2, 0.25) is 15.1 Å². The van der Waals surface area contributed by atoms with Gasteiger partial charge in [0.1, 0.15) is 0 Å². The highest BCUT2D eigenvalue weighted by atomic mass is 35.5. The van der Waals surface area contributed by atoms with Crippen molar-refractivity contribution in [3.8, 4) is 0 Å². The monoisotopic (exact) mass is 474 g/mol. The largest absolute Gasteiger partial charge is 0.352 e. The van der Waals surface area contributed by atoms with E-state index in [1.807, 2.05) is 12.1 Å². The van der Waals surface area contributed by atoms with Gasteiger partial charge in [-0.15, -0.1) is 0 Å². The number of halogens is 3. The molecular formula is C20H21Cl3N2O3S. The molecule has 0 aliphatic carbocycles. The predicted octanol–water partition coefficient (Wildman–Crippen LogP) is 4.51. The standard InChI is InChI=1S/C20H21Cl3N2O3S/c21-17-6-3-14(4-7-17)11-24-20(26)16-2-1-9-25(12-16)29(27,28)13-15-5-8-18(22)19(23)10-15/h3-8,10,16H,1-2,9,11-13H2,(H,24,26). The summed E-state index contributed by atoms with van der Waals surface area (Å²) < 4.78 is 27.1. The lowest BCUT2D eigenvalue weighted by molar-refractivity contribution is -0.126. The van der Waals surface area contributed by atoms with Crippen molar-refractivity contribution in [2.75, 3.05) is 13.1 Å². The molecule has 9 heteroatoms. The molecule has 0 radical (unpaired) electrons. The molecule has 1 saturated heterocycles. The summed E-state index contributed by atoms with van der Waals surface area (Å²) in [7, 11) is -3.57. The van der Waals surface area contributed by atoms with Gasteiger partial charge in [-0.1, -0.05) is 53.0 Å². The van der Waals surface area contributed by atoms with Crippen LogP contribution in [-0.4, -0.2) is 31.7 Å². The van der Waals surface area contributed by atoms with Crippen LogP contribution in [0, 0.1) is 5.92 Å². The minimum absolute atomic E-state index is 0.144. The average Bonchev–Trinajstić information content (AvgIpc) is 2.70. The molecule has 1 amide bonds. The number of piperidine rings is 1. The molecule has 1 aliphatic heterocycles. The van der Waals surface area contributed by atoms with Crippen LogP contribution in [-0.2, 0) is 27.1 Å². The third kappa shape index (κ3) is 6.09. The van der Waals surface area contributed by atoms with Gasteiger partial charge in [0.05, 0.1) is 21.7 Å². The zero-order valence-corrected chi connectivity index (χ0v) is 18.7. The first-order valence-electron chi connectivity index (χ1n) is 9.18. The molecule has 29 heavy (non-hydrogen) atoms. The maximum absolute atomic E-state index is 12.8. The molecule has 0 spiro atoms. The number of rotatable bonds is 6. The highest BCUT2D eigenvalue weighted by Crippen LogP contribution is 2.26. The number of carbonyl (C=O) groups is 1. The first-order valence-corrected chi connectivity index (χ1v) is 11.9. The number of sulfonamides is 1. The Morgan fingerprint density at radius 3 is 2.41 bits per heavy atom. The first-order chi connectivity index (χ1) is 13.7. The van der Waals surface area contributed by atoms with Crippen LogP contribution in [0.15, 0.2) is 42.5 Å². The van der Waals surface area contributed by atoms with Crippen LogP contribution in [0.3, 0.4) is 0 Å². The van der Waals surface area contributed by atoms with Crippen molar-refractivity contribution in [1.29, 1.82) is 0 Å². The molecule has 0 saturated carbocycles. The summed E-state index contributed by atoms with van der Waals surface area (Å²) in [4.78, 5) is 12.6. The minimum Gasteiger partial charge on any atom is -0.352 e. The molecule has 156 valence electrons. The van der Waals surface area contributed by atoms with E-state index in [0.717, 1.165) is 5.56 Å². The Bertz CT molecular complexity index is 981. The molecule has 2 aromatic rings. The molecular weight excluding hydrogens is 455 g/mol. The topological polar surface area (TPSA) is 66.5 Å². The van der Waals surface area contributed by atoms with Gasteiger partial charge in [0.15, 0.2) is 0 Å². The highest BCUT2D eigenvalue weighted by molar-refractivity contribution is 7.88. The van der Waals surface area contributed by atoms with Gasteiger partial charge >= 0.3 is 0 Å². The van der Waals surface area contributed by atoms with Crippen molar-refractivity contribution in [2.45, 2.75) is 25.1 Å². The number of hydrogen-bond donors (Lipinski definition) is 1. The Kier molecular flexibility index (Phi) is 7.46.